The van der Waals surface area contributed by atoms with Gasteiger partial charge < -0.3 is 0 Å². The molecule has 1 heterocycles. The SMILES string of the molecule is Clc1ccc(-c2ccc(Cl)nc2)c(Cl)c1. The Bertz CT molecular complexity index is 480. The molecule has 0 unspecified atom stereocenters. The van der Waals surface area contributed by atoms with Crippen molar-refractivity contribution in [2.24, 2.45) is 0 Å². The van der Waals surface area contributed by atoms with Gasteiger partial charge in [-0.15, -0.1) is 0 Å². The fourth-order valence-corrected chi connectivity index (χ4v) is 1.89. The van der Waals surface area contributed by atoms with Crippen LogP contribution in [0.5, 0.6) is 0 Å². The van der Waals surface area contributed by atoms with E-state index < -0.39 is 0 Å². The molecule has 1 aromatic carbocycles. The third kappa shape index (κ3) is 2.43. The average Bonchev–Trinajstić information content (AvgIpc) is 2.20. The monoisotopic (exact) mass is 257 g/mol. The van der Waals surface area contributed by atoms with Crippen LogP contribution in [0.2, 0.25) is 15.2 Å². The second-order valence-electron chi connectivity index (χ2n) is 2.99. The molecule has 1 nitrogen and oxygen atoms in total. The van der Waals surface area contributed by atoms with Crippen molar-refractivity contribution in [1.82, 2.24) is 4.98 Å². The summed E-state index contributed by atoms with van der Waals surface area (Å²) in [5, 5.41) is 1.68. The number of hydrogen-bond donors (Lipinski definition) is 0. The molecule has 0 saturated carbocycles. The molecule has 0 radical (unpaired) electrons. The average molecular weight is 259 g/mol. The molecule has 2 rings (SSSR count). The maximum absolute atomic E-state index is 6.06. The molecular weight excluding hydrogens is 252 g/mol. The van der Waals surface area contributed by atoms with E-state index in [9.17, 15) is 0 Å². The summed E-state index contributed by atoms with van der Waals surface area (Å²) in [5.41, 5.74) is 1.81. The minimum Gasteiger partial charge on any atom is -0.244 e. The Morgan fingerprint density at radius 1 is 0.933 bits per heavy atom. The van der Waals surface area contributed by atoms with Gasteiger partial charge in [0.15, 0.2) is 0 Å². The Hall–Kier alpha value is -0.760. The van der Waals surface area contributed by atoms with Crippen molar-refractivity contribution in [3.05, 3.63) is 51.7 Å². The summed E-state index contributed by atoms with van der Waals surface area (Å²) in [7, 11) is 0. The fraction of sp³-hybridized carbons (Fsp3) is 0. The summed E-state index contributed by atoms with van der Waals surface area (Å²) in [4.78, 5) is 3.99. The number of pyridine rings is 1. The first-order valence-corrected chi connectivity index (χ1v) is 5.37. The Kier molecular flexibility index (Phi) is 3.15. The molecule has 0 aliphatic rings. The van der Waals surface area contributed by atoms with Crippen LogP contribution in [0.1, 0.15) is 0 Å². The van der Waals surface area contributed by atoms with Crippen molar-refractivity contribution < 1.29 is 0 Å². The van der Waals surface area contributed by atoms with E-state index in [4.69, 9.17) is 34.8 Å². The molecular formula is C11H6Cl3N. The van der Waals surface area contributed by atoms with Gasteiger partial charge >= 0.3 is 0 Å². The van der Waals surface area contributed by atoms with Crippen LogP contribution in [0.25, 0.3) is 11.1 Å². The Morgan fingerprint density at radius 2 is 1.73 bits per heavy atom. The molecule has 15 heavy (non-hydrogen) atoms. The van der Waals surface area contributed by atoms with Crippen molar-refractivity contribution >= 4 is 34.8 Å². The molecule has 0 atom stereocenters. The summed E-state index contributed by atoms with van der Waals surface area (Å²) >= 11 is 17.6. The first-order chi connectivity index (χ1) is 7.16. The minimum absolute atomic E-state index is 0.462. The summed E-state index contributed by atoms with van der Waals surface area (Å²) in [6.07, 6.45) is 1.68. The number of nitrogens with zero attached hydrogens (tertiary/aromatic N) is 1. The van der Waals surface area contributed by atoms with Gasteiger partial charge in [0, 0.05) is 27.4 Å². The number of halogens is 3. The van der Waals surface area contributed by atoms with E-state index in [1.807, 2.05) is 12.1 Å². The van der Waals surface area contributed by atoms with Gasteiger partial charge in [-0.05, 0) is 24.3 Å². The minimum atomic E-state index is 0.462. The number of aromatic nitrogens is 1. The molecule has 0 N–H and O–H groups in total. The van der Waals surface area contributed by atoms with E-state index in [1.54, 1.807) is 24.4 Å². The summed E-state index contributed by atoms with van der Waals surface area (Å²) in [6, 6.07) is 8.94. The highest BCUT2D eigenvalue weighted by atomic mass is 35.5. The van der Waals surface area contributed by atoms with E-state index in [0.29, 0.717) is 15.2 Å². The van der Waals surface area contributed by atoms with Crippen LogP contribution in [0, 0.1) is 0 Å². The van der Waals surface area contributed by atoms with Crippen molar-refractivity contribution in [2.45, 2.75) is 0 Å². The molecule has 0 aliphatic heterocycles. The summed E-state index contributed by atoms with van der Waals surface area (Å²) in [6.45, 7) is 0. The van der Waals surface area contributed by atoms with Crippen LogP contribution in [-0.2, 0) is 0 Å². The maximum Gasteiger partial charge on any atom is 0.129 e. The summed E-state index contributed by atoms with van der Waals surface area (Å²) in [5.74, 6) is 0. The van der Waals surface area contributed by atoms with Crippen LogP contribution in [0.15, 0.2) is 36.5 Å². The van der Waals surface area contributed by atoms with Gasteiger partial charge in [-0.3, -0.25) is 0 Å². The van der Waals surface area contributed by atoms with Gasteiger partial charge in [-0.1, -0.05) is 40.9 Å². The second-order valence-corrected chi connectivity index (χ2v) is 4.22. The molecule has 76 valence electrons. The largest absolute Gasteiger partial charge is 0.244 e. The lowest BCUT2D eigenvalue weighted by molar-refractivity contribution is 1.33. The Morgan fingerprint density at radius 3 is 2.33 bits per heavy atom. The van der Waals surface area contributed by atoms with E-state index in [0.717, 1.165) is 11.1 Å². The van der Waals surface area contributed by atoms with E-state index >= 15 is 0 Å². The predicted octanol–water partition coefficient (Wildman–Crippen LogP) is 4.71. The second kappa shape index (κ2) is 4.40. The van der Waals surface area contributed by atoms with Crippen molar-refractivity contribution in [3.63, 3.8) is 0 Å². The first-order valence-electron chi connectivity index (χ1n) is 4.24. The third-order valence-corrected chi connectivity index (χ3v) is 2.74. The normalized spacial score (nSPS) is 10.3. The van der Waals surface area contributed by atoms with Gasteiger partial charge in [-0.2, -0.15) is 0 Å². The molecule has 1 aromatic heterocycles. The van der Waals surface area contributed by atoms with Crippen molar-refractivity contribution in [1.29, 1.82) is 0 Å². The molecule has 0 fully saturated rings. The van der Waals surface area contributed by atoms with Gasteiger partial charge in [0.1, 0.15) is 5.15 Å². The van der Waals surface area contributed by atoms with E-state index in [2.05, 4.69) is 4.98 Å². The van der Waals surface area contributed by atoms with Crippen LogP contribution in [-0.4, -0.2) is 4.98 Å². The quantitative estimate of drug-likeness (QED) is 0.675. The lowest BCUT2D eigenvalue weighted by Gasteiger charge is -2.04. The zero-order valence-corrected chi connectivity index (χ0v) is 9.81. The van der Waals surface area contributed by atoms with Crippen molar-refractivity contribution in [3.8, 4) is 11.1 Å². The molecule has 0 amide bonds. The Balaban J connectivity index is 2.49. The fourth-order valence-electron chi connectivity index (χ4n) is 1.26. The zero-order chi connectivity index (χ0) is 10.8. The number of rotatable bonds is 1. The third-order valence-electron chi connectivity index (χ3n) is 1.97. The van der Waals surface area contributed by atoms with Crippen LogP contribution < -0.4 is 0 Å². The molecule has 0 bridgehead atoms. The number of benzene rings is 1. The smallest absolute Gasteiger partial charge is 0.129 e. The highest BCUT2D eigenvalue weighted by Crippen LogP contribution is 2.30. The van der Waals surface area contributed by atoms with Gasteiger partial charge in [0.2, 0.25) is 0 Å². The van der Waals surface area contributed by atoms with Crippen molar-refractivity contribution in [2.75, 3.05) is 0 Å². The lowest BCUT2D eigenvalue weighted by Crippen LogP contribution is -1.81. The summed E-state index contributed by atoms with van der Waals surface area (Å²) < 4.78 is 0. The van der Waals surface area contributed by atoms with Gasteiger partial charge in [0.25, 0.3) is 0 Å². The standard InChI is InChI=1S/C11H6Cl3N/c12-8-2-3-9(10(13)5-8)7-1-4-11(14)15-6-7/h1-6H. The van der Waals surface area contributed by atoms with Crippen LogP contribution >= 0.6 is 34.8 Å². The number of hydrogen-bond acceptors (Lipinski definition) is 1. The topological polar surface area (TPSA) is 12.9 Å². The molecule has 0 aliphatic carbocycles. The van der Waals surface area contributed by atoms with E-state index in [1.165, 1.54) is 0 Å². The first kappa shape index (κ1) is 10.7. The highest BCUT2D eigenvalue weighted by molar-refractivity contribution is 6.36. The van der Waals surface area contributed by atoms with Crippen LogP contribution in [0.3, 0.4) is 0 Å². The Labute approximate surface area is 103 Å². The molecule has 2 aromatic rings. The molecule has 4 heteroatoms. The lowest BCUT2D eigenvalue weighted by atomic mass is 10.1. The molecule has 0 spiro atoms. The van der Waals surface area contributed by atoms with Gasteiger partial charge in [0.05, 0.1) is 0 Å². The van der Waals surface area contributed by atoms with E-state index in [-0.39, 0.29) is 0 Å². The predicted molar refractivity (Wildman–Crippen MR) is 64.7 cm³/mol. The molecule has 0 saturated heterocycles. The van der Waals surface area contributed by atoms with Crippen LogP contribution in [0.4, 0.5) is 0 Å². The maximum atomic E-state index is 6.06. The zero-order valence-electron chi connectivity index (χ0n) is 7.55. The highest BCUT2D eigenvalue weighted by Gasteiger charge is 2.04. The van der Waals surface area contributed by atoms with Gasteiger partial charge in [-0.25, -0.2) is 4.98 Å².